The summed E-state index contributed by atoms with van der Waals surface area (Å²) in [6, 6.07) is 2.86. The fourth-order valence-electron chi connectivity index (χ4n) is 19.2. The molecule has 0 radical (unpaired) electrons. The molecular weight excluding hydrogens is 861 g/mol. The minimum Gasteiger partial charge on any atom is -0.618 e. The van der Waals surface area contributed by atoms with Crippen molar-refractivity contribution in [1.29, 1.82) is 0 Å². The van der Waals surface area contributed by atoms with E-state index in [0.29, 0.717) is 108 Å². The van der Waals surface area contributed by atoms with Crippen LogP contribution in [0.5, 0.6) is 5.75 Å². The molecule has 15 aliphatic rings. The molecule has 2 saturated carbocycles. The predicted molar refractivity (Wildman–Crippen MR) is 246 cm³/mol. The van der Waals surface area contributed by atoms with Crippen LogP contribution in [0.25, 0.3) is 6.08 Å². The average molecular weight is 919 g/mol. The molecule has 1 aromatic rings. The van der Waals surface area contributed by atoms with Crippen LogP contribution >= 0.6 is 0 Å². The molecule has 12 aliphatic heterocycles. The molecule has 6 unspecified atom stereocenters. The Morgan fingerprint density at radius 1 is 0.824 bits per heavy atom. The topological polar surface area (TPSA) is 158 Å². The molecule has 16 rings (SSSR count). The van der Waals surface area contributed by atoms with E-state index in [-0.39, 0.29) is 30.0 Å². The Bertz CT molecular complexity index is 3060. The van der Waals surface area contributed by atoms with Crippen LogP contribution in [0.15, 0.2) is 77.4 Å². The molecule has 14 nitrogen and oxygen atoms in total. The lowest BCUT2D eigenvalue weighted by atomic mass is 9.28. The van der Waals surface area contributed by atoms with E-state index in [9.17, 15) is 5.21 Å². The van der Waals surface area contributed by atoms with Gasteiger partial charge in [0.2, 0.25) is 29.3 Å². The Morgan fingerprint density at radius 3 is 2.32 bits per heavy atom. The van der Waals surface area contributed by atoms with Crippen LogP contribution in [0.2, 0.25) is 0 Å². The summed E-state index contributed by atoms with van der Waals surface area (Å²) in [5.41, 5.74) is -6.88. The van der Waals surface area contributed by atoms with E-state index in [0.717, 1.165) is 4.74 Å². The monoisotopic (exact) mass is 918 g/mol. The fourth-order valence-corrected chi connectivity index (χ4v) is 19.2. The number of carbonyl (C=O) groups excluding carboxylic acids is 4. The molecule has 0 aromatic heterocycles. The molecule has 352 valence electrons. The molecule has 3 aliphatic carbocycles. The third-order valence-corrected chi connectivity index (χ3v) is 21.0. The normalized spacial score (nSPS) is 44.5. The zero-order valence-electron chi connectivity index (χ0n) is 40.0. The number of piperidine rings is 2. The number of carbonyl (C=O) groups is 4. The third-order valence-electron chi connectivity index (χ3n) is 21.0. The van der Waals surface area contributed by atoms with Crippen LogP contribution in [-0.2, 0) is 29.3 Å². The molecule has 1 aromatic carbocycles. The number of benzene rings is 1. The smallest absolute Gasteiger partial charge is 0.250 e. The number of hydrogen-bond acceptors (Lipinski definition) is 9. The maximum absolute atomic E-state index is 16.9. The van der Waals surface area contributed by atoms with Crippen molar-refractivity contribution in [3.05, 3.63) is 93.7 Å². The van der Waals surface area contributed by atoms with E-state index >= 15 is 24.4 Å². The average Bonchev–Trinajstić information content (AvgIpc) is 4.02. The maximum Gasteiger partial charge on any atom is 0.250 e. The van der Waals surface area contributed by atoms with Crippen molar-refractivity contribution in [1.82, 2.24) is 25.1 Å². The van der Waals surface area contributed by atoms with Gasteiger partial charge in [-0.1, -0.05) is 32.1 Å². The lowest BCUT2D eigenvalue weighted by Crippen LogP contribution is -2.95. The van der Waals surface area contributed by atoms with E-state index in [1.807, 2.05) is 86.1 Å². The quantitative estimate of drug-likeness (QED) is 0.180. The minimum atomic E-state index is -1.62. The fraction of sp³-hybridized carbons (Fsp3) is 0.574. The second kappa shape index (κ2) is 10.9. The SMILES string of the molecule is C=C1/C=C\C2=C(C=CC(C)(C)O2)N(O)C2=C(C1)[C@@H]1C34C(=[N+]([O-])c5c3ccc3c5C=CC(C)(C)O3)C(C)(C)C3C[C@]56C(=O)N7CCC[C@@]75C(=O)NC36C4N3C(=O)C45CCCN4C(=O)[C@]13C(C5)C2(C)C. The van der Waals surface area contributed by atoms with Crippen molar-refractivity contribution in [2.75, 3.05) is 13.1 Å². The van der Waals surface area contributed by atoms with Gasteiger partial charge < -0.3 is 34.7 Å². The summed E-state index contributed by atoms with van der Waals surface area (Å²) in [6.07, 6.45) is 14.7. The van der Waals surface area contributed by atoms with Gasteiger partial charge in [-0.15, -0.1) is 0 Å². The number of nitrogens with zero attached hydrogens (tertiary/aromatic N) is 5. The highest BCUT2D eigenvalue weighted by Gasteiger charge is 3.03. The molecule has 12 heterocycles. The molecule has 2 bridgehead atoms. The first kappa shape index (κ1) is 40.3. The second-order valence-electron chi connectivity index (χ2n) is 25.1. The zero-order chi connectivity index (χ0) is 47.4. The predicted octanol–water partition coefficient (Wildman–Crippen LogP) is 6.03. The van der Waals surface area contributed by atoms with Crippen molar-refractivity contribution >= 4 is 41.1 Å². The van der Waals surface area contributed by atoms with Gasteiger partial charge in [-0.2, -0.15) is 4.74 Å². The first-order valence-electron chi connectivity index (χ1n) is 24.9. The number of ether oxygens (including phenoxy) is 2. The van der Waals surface area contributed by atoms with Gasteiger partial charge in [0.25, 0.3) is 0 Å². The summed E-state index contributed by atoms with van der Waals surface area (Å²) < 4.78 is 14.3. The van der Waals surface area contributed by atoms with Gasteiger partial charge in [0.1, 0.15) is 55.9 Å². The highest BCUT2D eigenvalue weighted by molar-refractivity contribution is 6.18. The summed E-state index contributed by atoms with van der Waals surface area (Å²) in [6.45, 7) is 21.8. The van der Waals surface area contributed by atoms with Crippen LogP contribution in [0, 0.1) is 39.2 Å². The van der Waals surface area contributed by atoms with Gasteiger partial charge in [0.05, 0.1) is 28.3 Å². The van der Waals surface area contributed by atoms with Gasteiger partial charge >= 0.3 is 0 Å². The van der Waals surface area contributed by atoms with E-state index in [1.165, 1.54) is 5.06 Å². The molecule has 14 heteroatoms. The number of hydroxylamine groups is 2. The number of amides is 4. The van der Waals surface area contributed by atoms with Gasteiger partial charge in [-0.05, 0) is 135 Å². The van der Waals surface area contributed by atoms with Crippen LogP contribution in [-0.4, -0.2) is 112 Å². The number of nitrogens with one attached hydrogen (secondary N) is 1. The first-order valence-corrected chi connectivity index (χ1v) is 24.9. The lowest BCUT2D eigenvalue weighted by Gasteiger charge is -2.77. The molecule has 4 amide bonds. The number of piperazine rings is 1. The van der Waals surface area contributed by atoms with E-state index in [2.05, 4.69) is 39.6 Å². The van der Waals surface area contributed by atoms with Crippen LogP contribution in [0.4, 0.5) is 5.69 Å². The molecule has 8 saturated heterocycles. The molecule has 2 N–H and O–H groups in total. The van der Waals surface area contributed by atoms with Crippen molar-refractivity contribution in [3.63, 3.8) is 0 Å². The van der Waals surface area contributed by atoms with E-state index < -0.39 is 78.8 Å². The zero-order valence-corrected chi connectivity index (χ0v) is 40.0. The number of fused-ring (bicyclic) bond motifs is 4. The molecule has 68 heavy (non-hydrogen) atoms. The Balaban J connectivity index is 1.14. The summed E-state index contributed by atoms with van der Waals surface area (Å²) in [7, 11) is 0. The highest BCUT2D eigenvalue weighted by Crippen LogP contribution is 2.86. The molecule has 6 spiro atoms. The number of rotatable bonds is 0. The maximum atomic E-state index is 16.9. The number of β-lactam (4-membered cyclic amide) rings is 1. The van der Waals surface area contributed by atoms with Gasteiger partial charge in [-0.25, -0.2) is 5.06 Å². The van der Waals surface area contributed by atoms with Crippen molar-refractivity contribution in [3.8, 4) is 5.75 Å². The second-order valence-corrected chi connectivity index (χ2v) is 25.1. The van der Waals surface area contributed by atoms with E-state index in [1.54, 1.807) is 4.90 Å². The van der Waals surface area contributed by atoms with Crippen molar-refractivity contribution < 1.29 is 38.6 Å². The lowest BCUT2D eigenvalue weighted by molar-refractivity contribution is -0.369. The van der Waals surface area contributed by atoms with Crippen LogP contribution in [0.1, 0.15) is 111 Å². The van der Waals surface area contributed by atoms with Crippen LogP contribution in [0.3, 0.4) is 0 Å². The Labute approximate surface area is 395 Å². The van der Waals surface area contributed by atoms with Crippen LogP contribution < -0.4 is 10.1 Å². The molecular formula is C54H58N6O8. The van der Waals surface area contributed by atoms with Gasteiger partial charge in [0.15, 0.2) is 5.71 Å². The first-order chi connectivity index (χ1) is 32.0. The van der Waals surface area contributed by atoms with Crippen molar-refractivity contribution in [2.24, 2.45) is 34.0 Å². The Morgan fingerprint density at radius 2 is 1.54 bits per heavy atom. The standard InChI is InChI=1S/C54H58N6O8/c1-27-12-14-33-31(17-21-46(4,5)68-33)59(65)38-29(24-27)37-52-30-13-15-32-28(16-20-45(2,3)67-32)36(30)60(66)39(52)48(8,9)35-26-50-43(63)57-23-11-19-51(50,57)41(61)55-54(35,50)40(52)58-42(62)49-18-10-22-56(49)44(64)53(37,58)34(25-49)47(38,6)7/h12-17,20-21,34-35,37,40,65H,1,10-11,18-19,22-26H2,2-9H3,(H,55,61)/b14-12-/t34?,35?,37-,40?,49?,50+,51+,52?,53+,54?/m1/s1. The summed E-state index contributed by atoms with van der Waals surface area (Å²) >= 11 is 0. The number of allylic oxidation sites excluding steroid dienone is 5. The summed E-state index contributed by atoms with van der Waals surface area (Å²) in [5, 5.41) is 34.8. The number of hydrogen-bond donors (Lipinski definition) is 2. The minimum absolute atomic E-state index is 0.0834. The summed E-state index contributed by atoms with van der Waals surface area (Å²) in [5.74, 6) is -1.62. The Hall–Kier alpha value is -5.63. The van der Waals surface area contributed by atoms with Gasteiger partial charge in [0, 0.05) is 41.8 Å². The summed E-state index contributed by atoms with van der Waals surface area (Å²) in [4.78, 5) is 70.2. The molecule has 10 fully saturated rings. The largest absolute Gasteiger partial charge is 0.618 e. The molecule has 10 atom stereocenters. The Kier molecular flexibility index (Phi) is 6.44. The van der Waals surface area contributed by atoms with Gasteiger partial charge in [-0.3, -0.25) is 24.4 Å². The third kappa shape index (κ3) is 3.48. The highest BCUT2D eigenvalue weighted by atomic mass is 16.5. The van der Waals surface area contributed by atoms with E-state index in [4.69, 9.17) is 9.47 Å². The van der Waals surface area contributed by atoms with Crippen molar-refractivity contribution in [2.45, 2.75) is 145 Å².